The Labute approximate surface area is 70.0 Å². The monoisotopic (exact) mass is 144 g/mol. The summed E-state index contributed by atoms with van der Waals surface area (Å²) in [6, 6.07) is 0. The molecule has 0 heterocycles. The molecule has 1 N–H and O–H groups in total. The van der Waals surface area contributed by atoms with E-state index in [4.69, 9.17) is 15.7 Å². The summed E-state index contributed by atoms with van der Waals surface area (Å²) in [5, 5.41) is 9.31. The van der Waals surface area contributed by atoms with E-state index < -0.39 is 6.10 Å². The highest BCUT2D eigenvalue weighted by atomic mass is 16.3. The maximum Gasteiger partial charge on any atom is 0.107 e. The highest BCUT2D eigenvalue weighted by Crippen LogP contribution is 2.19. The van der Waals surface area contributed by atoms with Gasteiger partial charge in [0.15, 0.2) is 0 Å². The second-order valence-electron chi connectivity index (χ2n) is 2.73. The normalized spacial score (nSPS) is 20.5. The van der Waals surface area contributed by atoms with Crippen molar-refractivity contribution < 1.29 is 5.11 Å². The molecule has 0 saturated carbocycles. The molecule has 0 saturated heterocycles. The summed E-state index contributed by atoms with van der Waals surface area (Å²) < 4.78 is 0. The van der Waals surface area contributed by atoms with Gasteiger partial charge in [-0.1, -0.05) is 18.5 Å². The summed E-state index contributed by atoms with van der Waals surface area (Å²) in [7, 11) is 10.8. The first-order chi connectivity index (χ1) is 5.24. The zero-order chi connectivity index (χ0) is 8.27. The van der Waals surface area contributed by atoms with Gasteiger partial charge in [-0.05, 0) is 18.4 Å². The van der Waals surface area contributed by atoms with Crippen LogP contribution in [-0.2, 0) is 0 Å². The third kappa shape index (κ3) is 2.26. The molecule has 1 rings (SSSR count). The van der Waals surface area contributed by atoms with Crippen LogP contribution in [0.1, 0.15) is 12.8 Å². The Balaban J connectivity index is 2.60. The molecule has 0 bridgehead atoms. The topological polar surface area (TPSA) is 20.2 Å². The van der Waals surface area contributed by atoms with Crippen molar-refractivity contribution in [2.75, 3.05) is 0 Å². The molecular formula is C8H10B2O. The minimum atomic E-state index is -0.487. The van der Waals surface area contributed by atoms with Gasteiger partial charge >= 0.3 is 0 Å². The van der Waals surface area contributed by atoms with E-state index >= 15 is 0 Å². The van der Waals surface area contributed by atoms with Gasteiger partial charge in [-0.15, -0.1) is 5.47 Å². The third-order valence-electron chi connectivity index (χ3n) is 1.87. The molecule has 0 amide bonds. The largest absolute Gasteiger partial charge is 0.390 e. The first-order valence-electron chi connectivity index (χ1n) is 3.77. The molecule has 0 aromatic carbocycles. The van der Waals surface area contributed by atoms with E-state index in [9.17, 15) is 5.11 Å². The number of rotatable bonds is 2. The fraction of sp³-hybridized carbons (Fsp3) is 0.500. The first-order valence-corrected chi connectivity index (χ1v) is 3.77. The zero-order valence-corrected chi connectivity index (χ0v) is 6.46. The van der Waals surface area contributed by atoms with Crippen molar-refractivity contribution in [1.82, 2.24) is 0 Å². The minimum Gasteiger partial charge on any atom is -0.390 e. The van der Waals surface area contributed by atoms with Gasteiger partial charge in [0.1, 0.15) is 7.85 Å². The molecule has 0 aliphatic heterocycles. The molecule has 0 aromatic rings. The van der Waals surface area contributed by atoms with E-state index in [0.29, 0.717) is 6.32 Å². The van der Waals surface area contributed by atoms with E-state index in [0.717, 1.165) is 23.9 Å². The second kappa shape index (κ2) is 3.82. The molecule has 1 aliphatic rings. The number of hydrogen-bond acceptors (Lipinski definition) is 1. The molecule has 3 heteroatoms. The molecule has 1 unspecified atom stereocenters. The molecule has 1 aliphatic carbocycles. The zero-order valence-electron chi connectivity index (χ0n) is 6.46. The van der Waals surface area contributed by atoms with Crippen molar-refractivity contribution in [3.8, 4) is 0 Å². The van der Waals surface area contributed by atoms with Gasteiger partial charge in [-0.2, -0.15) is 0 Å². The number of hydrogen-bond donors (Lipinski definition) is 1. The predicted molar refractivity (Wildman–Crippen MR) is 47.7 cm³/mol. The molecule has 1 nitrogen and oxygen atoms in total. The Morgan fingerprint density at radius 2 is 2.18 bits per heavy atom. The van der Waals surface area contributed by atoms with Crippen molar-refractivity contribution in [3.05, 3.63) is 23.2 Å². The molecule has 0 aromatic heterocycles. The summed E-state index contributed by atoms with van der Waals surface area (Å²) in [6.07, 6.45) is 5.16. The van der Waals surface area contributed by atoms with Crippen molar-refractivity contribution in [2.45, 2.75) is 25.3 Å². The van der Waals surface area contributed by atoms with Crippen LogP contribution in [0.2, 0.25) is 6.32 Å². The Morgan fingerprint density at radius 1 is 1.45 bits per heavy atom. The van der Waals surface area contributed by atoms with Crippen LogP contribution in [0.5, 0.6) is 0 Å². The molecule has 4 radical (unpaired) electrons. The van der Waals surface area contributed by atoms with Crippen LogP contribution in [0.3, 0.4) is 0 Å². The molecule has 54 valence electrons. The van der Waals surface area contributed by atoms with Crippen LogP contribution in [0, 0.1) is 0 Å². The summed E-state index contributed by atoms with van der Waals surface area (Å²) in [4.78, 5) is 0. The Morgan fingerprint density at radius 3 is 2.64 bits per heavy atom. The lowest BCUT2D eigenvalue weighted by molar-refractivity contribution is 0.227. The third-order valence-corrected chi connectivity index (χ3v) is 1.87. The average molecular weight is 144 g/mol. The maximum absolute atomic E-state index is 9.31. The van der Waals surface area contributed by atoms with Gasteiger partial charge in [0.25, 0.3) is 0 Å². The minimum absolute atomic E-state index is 0.291. The van der Waals surface area contributed by atoms with Crippen LogP contribution >= 0.6 is 0 Å². The SMILES string of the molecule is [B]CC(O)C1=CC=C([B])CC1. The summed E-state index contributed by atoms with van der Waals surface area (Å²) in [5.41, 5.74) is 1.86. The molecule has 1 atom stereocenters. The summed E-state index contributed by atoms with van der Waals surface area (Å²) in [6.45, 7) is 0. The lowest BCUT2D eigenvalue weighted by Gasteiger charge is -2.16. The van der Waals surface area contributed by atoms with Crippen LogP contribution in [0.4, 0.5) is 0 Å². The summed E-state index contributed by atoms with van der Waals surface area (Å²) >= 11 is 0. The second-order valence-corrected chi connectivity index (χ2v) is 2.73. The fourth-order valence-corrected chi connectivity index (χ4v) is 1.10. The van der Waals surface area contributed by atoms with Gasteiger partial charge in [-0.25, -0.2) is 0 Å². The van der Waals surface area contributed by atoms with Crippen LogP contribution in [0.25, 0.3) is 0 Å². The molecule has 0 fully saturated rings. The molecule has 11 heavy (non-hydrogen) atoms. The fourth-order valence-electron chi connectivity index (χ4n) is 1.10. The van der Waals surface area contributed by atoms with Crippen molar-refractivity contribution in [1.29, 1.82) is 0 Å². The van der Waals surface area contributed by atoms with E-state index in [1.165, 1.54) is 0 Å². The Bertz CT molecular complexity index is 196. The van der Waals surface area contributed by atoms with E-state index in [1.54, 1.807) is 0 Å². The van der Waals surface area contributed by atoms with Crippen LogP contribution < -0.4 is 0 Å². The van der Waals surface area contributed by atoms with Crippen molar-refractivity contribution in [2.24, 2.45) is 0 Å². The van der Waals surface area contributed by atoms with E-state index in [1.807, 2.05) is 12.2 Å². The van der Waals surface area contributed by atoms with Crippen molar-refractivity contribution in [3.63, 3.8) is 0 Å². The highest BCUT2D eigenvalue weighted by Gasteiger charge is 2.09. The van der Waals surface area contributed by atoms with Crippen LogP contribution in [-0.4, -0.2) is 26.9 Å². The maximum atomic E-state index is 9.31. The van der Waals surface area contributed by atoms with Gasteiger partial charge < -0.3 is 5.11 Å². The van der Waals surface area contributed by atoms with Gasteiger partial charge in [0.05, 0.1) is 14.0 Å². The van der Waals surface area contributed by atoms with Crippen molar-refractivity contribution >= 4 is 15.7 Å². The number of allylic oxidation sites excluding steroid dienone is 3. The highest BCUT2D eigenvalue weighted by molar-refractivity contribution is 6.21. The Hall–Kier alpha value is -0.430. The smallest absolute Gasteiger partial charge is 0.107 e. The average Bonchev–Trinajstić information content (AvgIpc) is 2.05. The molecule has 0 spiro atoms. The quantitative estimate of drug-likeness (QED) is 0.565. The Kier molecular flexibility index (Phi) is 3.01. The van der Waals surface area contributed by atoms with Gasteiger partial charge in [0.2, 0.25) is 0 Å². The first kappa shape index (κ1) is 8.66. The van der Waals surface area contributed by atoms with E-state index in [-0.39, 0.29) is 0 Å². The lowest BCUT2D eigenvalue weighted by atomic mass is 9.82. The lowest BCUT2D eigenvalue weighted by Crippen LogP contribution is -2.11. The van der Waals surface area contributed by atoms with E-state index in [2.05, 4.69) is 0 Å². The number of aliphatic hydroxyl groups excluding tert-OH is 1. The van der Waals surface area contributed by atoms with Crippen LogP contribution in [0.15, 0.2) is 23.2 Å². The molecular weight excluding hydrogens is 134 g/mol. The standard InChI is InChI=1S/C8H10B2O/c9-5-8(11)6-1-3-7(10)4-2-6/h1,3,8,11H,2,4-5H2. The number of aliphatic hydroxyl groups is 1. The predicted octanol–water partition coefficient (Wildman–Crippen LogP) is 0.707. The summed E-state index contributed by atoms with van der Waals surface area (Å²) in [5.74, 6) is 0. The van der Waals surface area contributed by atoms with Gasteiger partial charge in [0, 0.05) is 0 Å². The van der Waals surface area contributed by atoms with Gasteiger partial charge in [-0.3, -0.25) is 0 Å².